The molecule has 1 aromatic carbocycles. The lowest BCUT2D eigenvalue weighted by Crippen LogP contribution is -2.55. The summed E-state index contributed by atoms with van der Waals surface area (Å²) in [5.41, 5.74) is 4.53. The molecule has 1 unspecified atom stereocenters. The van der Waals surface area contributed by atoms with E-state index in [2.05, 4.69) is 30.0 Å². The van der Waals surface area contributed by atoms with Crippen LogP contribution < -0.4 is 4.90 Å². The maximum absolute atomic E-state index is 12.1. The third kappa shape index (κ3) is 2.77. The highest BCUT2D eigenvalue weighted by atomic mass is 16.2. The van der Waals surface area contributed by atoms with E-state index in [4.69, 9.17) is 0 Å². The Balaban J connectivity index is 1.62. The average molecular weight is 326 g/mol. The van der Waals surface area contributed by atoms with Crippen LogP contribution in [0.5, 0.6) is 0 Å². The van der Waals surface area contributed by atoms with E-state index in [1.165, 1.54) is 69.2 Å². The van der Waals surface area contributed by atoms with Gasteiger partial charge in [0.05, 0.1) is 0 Å². The maximum Gasteiger partial charge on any atom is 0.227 e. The number of hydrogen-bond donors (Lipinski definition) is 0. The van der Waals surface area contributed by atoms with Gasteiger partial charge in [-0.3, -0.25) is 9.69 Å². The number of nitrogens with zero attached hydrogens (tertiary/aromatic N) is 2. The predicted octanol–water partition coefficient (Wildman–Crippen LogP) is 3.94. The maximum atomic E-state index is 12.1. The molecule has 0 bridgehead atoms. The summed E-state index contributed by atoms with van der Waals surface area (Å²) >= 11 is 0. The third-order valence-corrected chi connectivity index (χ3v) is 6.44. The number of likely N-dealkylation sites (tertiary alicyclic amines) is 1. The van der Waals surface area contributed by atoms with Crippen LogP contribution in [0.15, 0.2) is 18.2 Å². The Labute approximate surface area is 146 Å². The molecule has 1 aliphatic carbocycles. The van der Waals surface area contributed by atoms with Gasteiger partial charge in [0.1, 0.15) is 0 Å². The zero-order chi connectivity index (χ0) is 16.6. The molecule has 1 aromatic rings. The van der Waals surface area contributed by atoms with Gasteiger partial charge in [0.2, 0.25) is 5.91 Å². The van der Waals surface area contributed by atoms with Gasteiger partial charge in [-0.15, -0.1) is 0 Å². The van der Waals surface area contributed by atoms with Crippen LogP contribution in [0.4, 0.5) is 5.69 Å². The number of rotatable bonds is 3. The van der Waals surface area contributed by atoms with Crippen LogP contribution in [-0.2, 0) is 17.6 Å². The van der Waals surface area contributed by atoms with Crippen LogP contribution in [0.1, 0.15) is 63.0 Å². The van der Waals surface area contributed by atoms with Crippen molar-refractivity contribution in [1.82, 2.24) is 4.90 Å². The summed E-state index contributed by atoms with van der Waals surface area (Å²) in [6.45, 7) is 5.70. The lowest BCUT2D eigenvalue weighted by molar-refractivity contribution is -0.117. The van der Waals surface area contributed by atoms with Crippen LogP contribution in [0.2, 0.25) is 0 Å². The number of carbonyl (C=O) groups is 1. The van der Waals surface area contributed by atoms with Crippen LogP contribution in [-0.4, -0.2) is 36.0 Å². The van der Waals surface area contributed by atoms with Crippen molar-refractivity contribution in [3.8, 4) is 0 Å². The van der Waals surface area contributed by atoms with E-state index in [0.29, 0.717) is 17.9 Å². The van der Waals surface area contributed by atoms with E-state index in [1.807, 2.05) is 4.90 Å². The fraction of sp³-hybridized carbons (Fsp3) is 0.667. The molecule has 24 heavy (non-hydrogen) atoms. The Morgan fingerprint density at radius 2 is 1.96 bits per heavy atom. The lowest BCUT2D eigenvalue weighted by Gasteiger charge is -2.50. The molecule has 0 N–H and O–H groups in total. The van der Waals surface area contributed by atoms with Gasteiger partial charge in [-0.05, 0) is 81.3 Å². The highest BCUT2D eigenvalue weighted by Gasteiger charge is 2.40. The van der Waals surface area contributed by atoms with Crippen molar-refractivity contribution in [1.29, 1.82) is 0 Å². The molecular weight excluding hydrogens is 296 g/mol. The monoisotopic (exact) mass is 326 g/mol. The summed E-state index contributed by atoms with van der Waals surface area (Å²) < 4.78 is 0. The summed E-state index contributed by atoms with van der Waals surface area (Å²) in [5.74, 6) is 0.297. The van der Waals surface area contributed by atoms with Gasteiger partial charge < -0.3 is 4.90 Å². The number of fused-ring (bicyclic) bond motifs is 1. The first-order valence-electron chi connectivity index (χ1n) is 9.89. The van der Waals surface area contributed by atoms with E-state index in [9.17, 15) is 4.79 Å². The largest absolute Gasteiger partial charge is 0.312 e. The Hall–Kier alpha value is -1.35. The molecule has 3 heteroatoms. The summed E-state index contributed by atoms with van der Waals surface area (Å²) in [5, 5.41) is 0. The van der Waals surface area contributed by atoms with Crippen LogP contribution >= 0.6 is 0 Å². The molecule has 0 saturated carbocycles. The van der Waals surface area contributed by atoms with E-state index in [0.717, 1.165) is 18.7 Å². The molecule has 2 fully saturated rings. The second kappa shape index (κ2) is 6.51. The van der Waals surface area contributed by atoms with Gasteiger partial charge in [0, 0.05) is 24.2 Å². The minimum atomic E-state index is 0.297. The molecule has 2 aliphatic heterocycles. The number of piperidine rings is 1. The van der Waals surface area contributed by atoms with Crippen molar-refractivity contribution < 1.29 is 4.79 Å². The van der Waals surface area contributed by atoms with E-state index in [1.54, 1.807) is 0 Å². The number of carbonyl (C=O) groups excluding carboxylic acids is 1. The van der Waals surface area contributed by atoms with Crippen molar-refractivity contribution in [3.05, 3.63) is 29.3 Å². The van der Waals surface area contributed by atoms with Crippen molar-refractivity contribution in [2.75, 3.05) is 24.5 Å². The molecule has 3 aliphatic rings. The van der Waals surface area contributed by atoms with Crippen molar-refractivity contribution >= 4 is 11.6 Å². The molecule has 2 saturated heterocycles. The Bertz CT molecular complexity index is 624. The third-order valence-electron chi connectivity index (χ3n) is 6.44. The van der Waals surface area contributed by atoms with Gasteiger partial charge in [0.15, 0.2) is 0 Å². The second-order valence-corrected chi connectivity index (χ2v) is 7.95. The van der Waals surface area contributed by atoms with Gasteiger partial charge >= 0.3 is 0 Å². The van der Waals surface area contributed by atoms with E-state index in [-0.39, 0.29) is 0 Å². The quantitative estimate of drug-likeness (QED) is 0.840. The normalized spacial score (nSPS) is 27.7. The first-order valence-corrected chi connectivity index (χ1v) is 9.89. The number of anilines is 1. The highest BCUT2D eigenvalue weighted by molar-refractivity contribution is 5.95. The van der Waals surface area contributed by atoms with Crippen molar-refractivity contribution in [2.24, 2.45) is 0 Å². The summed E-state index contributed by atoms with van der Waals surface area (Å²) in [4.78, 5) is 16.9. The second-order valence-electron chi connectivity index (χ2n) is 7.95. The molecule has 130 valence electrons. The van der Waals surface area contributed by atoms with Crippen molar-refractivity contribution in [3.63, 3.8) is 0 Å². The van der Waals surface area contributed by atoms with Crippen molar-refractivity contribution in [2.45, 2.75) is 70.3 Å². The predicted molar refractivity (Wildman–Crippen MR) is 98.5 cm³/mol. The molecule has 2 heterocycles. The minimum Gasteiger partial charge on any atom is -0.312 e. The van der Waals surface area contributed by atoms with Gasteiger partial charge in [-0.1, -0.05) is 19.4 Å². The fourth-order valence-corrected chi connectivity index (χ4v) is 5.17. The van der Waals surface area contributed by atoms with Gasteiger partial charge in [-0.2, -0.15) is 0 Å². The average Bonchev–Trinajstić information content (AvgIpc) is 3.03. The molecule has 1 spiro atoms. The number of benzene rings is 1. The number of aryl methyl sites for hydroxylation is 1. The Morgan fingerprint density at radius 1 is 1.04 bits per heavy atom. The molecule has 3 nitrogen and oxygen atoms in total. The summed E-state index contributed by atoms with van der Waals surface area (Å²) in [6.07, 6.45) is 10.7. The molecule has 1 atom stereocenters. The Morgan fingerprint density at radius 3 is 2.75 bits per heavy atom. The van der Waals surface area contributed by atoms with Gasteiger partial charge in [0.25, 0.3) is 0 Å². The van der Waals surface area contributed by atoms with E-state index >= 15 is 0 Å². The highest BCUT2D eigenvalue weighted by Crippen LogP contribution is 2.41. The molecule has 0 aromatic heterocycles. The molecule has 0 radical (unpaired) electrons. The van der Waals surface area contributed by atoms with Crippen LogP contribution in [0.25, 0.3) is 0 Å². The number of amides is 1. The number of hydrogen-bond acceptors (Lipinski definition) is 2. The summed E-state index contributed by atoms with van der Waals surface area (Å²) in [6, 6.07) is 6.79. The smallest absolute Gasteiger partial charge is 0.227 e. The zero-order valence-corrected chi connectivity index (χ0v) is 15.0. The zero-order valence-electron chi connectivity index (χ0n) is 15.0. The lowest BCUT2D eigenvalue weighted by atomic mass is 9.72. The van der Waals surface area contributed by atoms with Gasteiger partial charge in [-0.25, -0.2) is 0 Å². The van der Waals surface area contributed by atoms with Crippen LogP contribution in [0.3, 0.4) is 0 Å². The first kappa shape index (κ1) is 16.1. The van der Waals surface area contributed by atoms with E-state index < -0.39 is 0 Å². The summed E-state index contributed by atoms with van der Waals surface area (Å²) in [7, 11) is 0. The molecular formula is C21H30N2O. The fourth-order valence-electron chi connectivity index (χ4n) is 5.17. The SMILES string of the molecule is CCCN1CCCCC12CCc1ccc(N3CCCC3=O)cc1C2. The standard InChI is InChI=1S/C21H30N2O/c1-2-12-22-13-4-3-10-21(22)11-9-17-7-8-19(15-18(17)16-21)23-14-5-6-20(23)24/h7-8,15H,2-6,9-14,16H2,1H3. The molecule has 4 rings (SSSR count). The Kier molecular flexibility index (Phi) is 4.38. The molecule has 1 amide bonds. The topological polar surface area (TPSA) is 23.6 Å². The van der Waals surface area contributed by atoms with Crippen LogP contribution in [0, 0.1) is 0 Å². The first-order chi connectivity index (χ1) is 11.7. The minimum absolute atomic E-state index is 0.297.